The third kappa shape index (κ3) is 3.71. The summed E-state index contributed by atoms with van der Waals surface area (Å²) < 4.78 is 0. The number of benzene rings is 1. The number of hydrogen-bond donors (Lipinski definition) is 0. The Labute approximate surface area is 104 Å². The molecule has 0 heterocycles. The lowest BCUT2D eigenvalue weighted by Gasteiger charge is -2.19. The number of rotatable bonds is 5. The SMILES string of the molecule is C/C=C\CSc1ccccc1C(C)C(C)C. The Bertz CT molecular complexity index is 339. The normalized spacial score (nSPS) is 13.6. The molecule has 0 aliphatic carbocycles. The van der Waals surface area contributed by atoms with Gasteiger partial charge in [0.15, 0.2) is 0 Å². The molecular weight excluding hydrogens is 212 g/mol. The quantitative estimate of drug-likeness (QED) is 0.503. The second-order valence-electron chi connectivity index (χ2n) is 4.45. The molecule has 0 saturated carbocycles. The fourth-order valence-corrected chi connectivity index (χ4v) is 2.65. The lowest BCUT2D eigenvalue weighted by atomic mass is 9.90. The smallest absolute Gasteiger partial charge is 0.0160 e. The van der Waals surface area contributed by atoms with Gasteiger partial charge in [0.25, 0.3) is 0 Å². The Kier molecular flexibility index (Phi) is 5.68. The standard InChI is InChI=1S/C15H22S/c1-5-6-11-16-15-10-8-7-9-14(15)13(4)12(2)3/h5-10,12-13H,11H2,1-4H3/b6-5-. The molecule has 0 radical (unpaired) electrons. The maximum atomic E-state index is 2.32. The van der Waals surface area contributed by atoms with Crippen LogP contribution in [0.2, 0.25) is 0 Å². The van der Waals surface area contributed by atoms with Gasteiger partial charge >= 0.3 is 0 Å². The summed E-state index contributed by atoms with van der Waals surface area (Å²) in [6.07, 6.45) is 4.32. The van der Waals surface area contributed by atoms with E-state index in [1.54, 1.807) is 0 Å². The summed E-state index contributed by atoms with van der Waals surface area (Å²) in [5.41, 5.74) is 1.49. The van der Waals surface area contributed by atoms with Crippen molar-refractivity contribution < 1.29 is 0 Å². The summed E-state index contributed by atoms with van der Waals surface area (Å²) in [7, 11) is 0. The van der Waals surface area contributed by atoms with Crippen LogP contribution < -0.4 is 0 Å². The van der Waals surface area contributed by atoms with Crippen LogP contribution in [0.4, 0.5) is 0 Å². The lowest BCUT2D eigenvalue weighted by Crippen LogP contribution is -2.03. The first-order chi connectivity index (χ1) is 7.66. The van der Waals surface area contributed by atoms with E-state index in [4.69, 9.17) is 0 Å². The highest BCUT2D eigenvalue weighted by molar-refractivity contribution is 7.99. The third-order valence-corrected chi connectivity index (χ3v) is 4.02. The first kappa shape index (κ1) is 13.4. The van der Waals surface area contributed by atoms with E-state index < -0.39 is 0 Å². The fourth-order valence-electron chi connectivity index (χ4n) is 1.58. The molecule has 88 valence electrons. The minimum atomic E-state index is 0.634. The lowest BCUT2D eigenvalue weighted by molar-refractivity contribution is 0.528. The van der Waals surface area contributed by atoms with Crippen LogP contribution in [-0.2, 0) is 0 Å². The summed E-state index contributed by atoms with van der Waals surface area (Å²) in [5, 5.41) is 0. The maximum Gasteiger partial charge on any atom is 0.0160 e. The van der Waals surface area contributed by atoms with Gasteiger partial charge in [0, 0.05) is 10.6 Å². The number of hydrogen-bond acceptors (Lipinski definition) is 1. The van der Waals surface area contributed by atoms with Crippen LogP contribution in [0.15, 0.2) is 41.3 Å². The van der Waals surface area contributed by atoms with Crippen molar-refractivity contribution in [2.75, 3.05) is 5.75 Å². The third-order valence-electron chi connectivity index (χ3n) is 2.98. The van der Waals surface area contributed by atoms with E-state index in [0.29, 0.717) is 11.8 Å². The van der Waals surface area contributed by atoms with Crippen molar-refractivity contribution >= 4 is 11.8 Å². The van der Waals surface area contributed by atoms with Crippen LogP contribution >= 0.6 is 11.8 Å². The van der Waals surface area contributed by atoms with Gasteiger partial charge in [-0.05, 0) is 30.4 Å². The van der Waals surface area contributed by atoms with Crippen LogP contribution in [0.3, 0.4) is 0 Å². The maximum absolute atomic E-state index is 2.32. The van der Waals surface area contributed by atoms with E-state index in [1.165, 1.54) is 10.5 Å². The van der Waals surface area contributed by atoms with Crippen LogP contribution in [0.5, 0.6) is 0 Å². The number of allylic oxidation sites excluding steroid dienone is 1. The van der Waals surface area contributed by atoms with Crippen molar-refractivity contribution in [3.05, 3.63) is 42.0 Å². The summed E-state index contributed by atoms with van der Waals surface area (Å²) >= 11 is 1.93. The van der Waals surface area contributed by atoms with Crippen molar-refractivity contribution in [2.45, 2.75) is 38.5 Å². The first-order valence-electron chi connectivity index (χ1n) is 5.99. The average Bonchev–Trinajstić information content (AvgIpc) is 2.29. The Morgan fingerprint density at radius 2 is 1.88 bits per heavy atom. The van der Waals surface area contributed by atoms with E-state index >= 15 is 0 Å². The summed E-state index contributed by atoms with van der Waals surface area (Å²) in [5.74, 6) is 2.40. The molecule has 1 aromatic carbocycles. The highest BCUT2D eigenvalue weighted by atomic mass is 32.2. The monoisotopic (exact) mass is 234 g/mol. The predicted molar refractivity (Wildman–Crippen MR) is 75.2 cm³/mol. The van der Waals surface area contributed by atoms with Crippen LogP contribution in [-0.4, -0.2) is 5.75 Å². The zero-order chi connectivity index (χ0) is 12.0. The van der Waals surface area contributed by atoms with Gasteiger partial charge in [-0.3, -0.25) is 0 Å². The van der Waals surface area contributed by atoms with Gasteiger partial charge in [-0.25, -0.2) is 0 Å². The first-order valence-corrected chi connectivity index (χ1v) is 6.98. The highest BCUT2D eigenvalue weighted by Crippen LogP contribution is 2.32. The van der Waals surface area contributed by atoms with Gasteiger partial charge in [-0.1, -0.05) is 51.1 Å². The topological polar surface area (TPSA) is 0 Å². The van der Waals surface area contributed by atoms with E-state index in [0.717, 1.165) is 5.75 Å². The molecule has 0 fully saturated rings. The molecule has 16 heavy (non-hydrogen) atoms. The summed E-state index contributed by atoms with van der Waals surface area (Å²) in [6, 6.07) is 8.79. The molecule has 0 aromatic heterocycles. The summed E-state index contributed by atoms with van der Waals surface area (Å²) in [6.45, 7) is 8.97. The van der Waals surface area contributed by atoms with E-state index in [2.05, 4.69) is 64.1 Å². The van der Waals surface area contributed by atoms with Crippen molar-refractivity contribution in [1.82, 2.24) is 0 Å². The minimum absolute atomic E-state index is 0.634. The zero-order valence-corrected chi connectivity index (χ0v) is 11.6. The molecule has 0 nitrogen and oxygen atoms in total. The van der Waals surface area contributed by atoms with Crippen LogP contribution in [0.1, 0.15) is 39.2 Å². The van der Waals surface area contributed by atoms with Gasteiger partial charge < -0.3 is 0 Å². The van der Waals surface area contributed by atoms with Gasteiger partial charge in [0.05, 0.1) is 0 Å². The molecule has 1 heteroatoms. The zero-order valence-electron chi connectivity index (χ0n) is 10.7. The van der Waals surface area contributed by atoms with Crippen molar-refractivity contribution in [3.8, 4) is 0 Å². The van der Waals surface area contributed by atoms with Crippen molar-refractivity contribution in [1.29, 1.82) is 0 Å². The average molecular weight is 234 g/mol. The van der Waals surface area contributed by atoms with Gasteiger partial charge in [0.2, 0.25) is 0 Å². The molecule has 0 saturated heterocycles. The Hall–Kier alpha value is -0.690. The van der Waals surface area contributed by atoms with Gasteiger partial charge in [0.1, 0.15) is 0 Å². The Balaban J connectivity index is 2.82. The molecule has 1 atom stereocenters. The van der Waals surface area contributed by atoms with Crippen LogP contribution in [0, 0.1) is 5.92 Å². The second-order valence-corrected chi connectivity index (χ2v) is 5.51. The van der Waals surface area contributed by atoms with Crippen molar-refractivity contribution in [3.63, 3.8) is 0 Å². The van der Waals surface area contributed by atoms with E-state index in [9.17, 15) is 0 Å². The fraction of sp³-hybridized carbons (Fsp3) is 0.467. The Morgan fingerprint density at radius 1 is 1.19 bits per heavy atom. The van der Waals surface area contributed by atoms with Gasteiger partial charge in [-0.15, -0.1) is 11.8 Å². The molecular formula is C15H22S. The predicted octanol–water partition coefficient (Wildman–Crippen LogP) is 5.11. The molecule has 1 rings (SSSR count). The molecule has 0 aliphatic rings. The Morgan fingerprint density at radius 3 is 2.50 bits per heavy atom. The van der Waals surface area contributed by atoms with E-state index in [1.807, 2.05) is 11.8 Å². The van der Waals surface area contributed by atoms with Crippen LogP contribution in [0.25, 0.3) is 0 Å². The molecule has 0 spiro atoms. The largest absolute Gasteiger partial charge is 0.122 e. The number of thioether (sulfide) groups is 1. The molecule has 0 N–H and O–H groups in total. The second kappa shape index (κ2) is 6.80. The van der Waals surface area contributed by atoms with Gasteiger partial charge in [-0.2, -0.15) is 0 Å². The molecule has 1 aromatic rings. The van der Waals surface area contributed by atoms with E-state index in [-0.39, 0.29) is 0 Å². The summed E-state index contributed by atoms with van der Waals surface area (Å²) in [4.78, 5) is 1.43. The van der Waals surface area contributed by atoms with Crippen molar-refractivity contribution in [2.24, 2.45) is 5.92 Å². The highest BCUT2D eigenvalue weighted by Gasteiger charge is 2.13. The molecule has 1 unspecified atom stereocenters. The molecule has 0 amide bonds. The minimum Gasteiger partial charge on any atom is -0.122 e. The molecule has 0 aliphatic heterocycles. The molecule has 0 bridgehead atoms.